The highest BCUT2D eigenvalue weighted by Crippen LogP contribution is 2.54. The van der Waals surface area contributed by atoms with E-state index in [1.54, 1.807) is 18.2 Å². The number of hydrogen-bond donors (Lipinski definition) is 2. The van der Waals surface area contributed by atoms with Gasteiger partial charge in [-0.3, -0.25) is 4.79 Å². The number of rotatable bonds is 3. The minimum absolute atomic E-state index is 0.169. The molecule has 23 heavy (non-hydrogen) atoms. The third-order valence-corrected chi connectivity index (χ3v) is 4.12. The molecule has 1 aromatic carbocycles. The van der Waals surface area contributed by atoms with Crippen molar-refractivity contribution in [1.29, 1.82) is 0 Å². The maximum atomic E-state index is 12.1. The average molecular weight is 310 g/mol. The van der Waals surface area contributed by atoms with Gasteiger partial charge in [-0.1, -0.05) is 12.1 Å². The van der Waals surface area contributed by atoms with Crippen LogP contribution in [-0.4, -0.2) is 34.0 Å². The quantitative estimate of drug-likeness (QED) is 0.824. The lowest BCUT2D eigenvalue weighted by Crippen LogP contribution is -2.24. The van der Waals surface area contributed by atoms with Crippen LogP contribution in [0, 0.1) is 0 Å². The SMILES string of the molecule is O=C(O)/C=C(/C(=O)O)c1cccc2c1C1=C3CC3=CC(=O)C1O2. The van der Waals surface area contributed by atoms with E-state index in [-0.39, 0.29) is 16.9 Å². The first-order chi connectivity index (χ1) is 11.0. The van der Waals surface area contributed by atoms with E-state index in [0.717, 1.165) is 11.1 Å². The molecular formula is C17H10O6. The summed E-state index contributed by atoms with van der Waals surface area (Å²) in [6.07, 6.45) is 2.14. The zero-order chi connectivity index (χ0) is 16.3. The molecule has 1 fully saturated rings. The van der Waals surface area contributed by atoms with Crippen LogP contribution in [0.15, 0.2) is 41.5 Å². The molecule has 6 heteroatoms. The molecule has 6 nitrogen and oxygen atoms in total. The summed E-state index contributed by atoms with van der Waals surface area (Å²) >= 11 is 0. The molecule has 0 saturated heterocycles. The number of fused-ring (bicyclic) bond motifs is 4. The van der Waals surface area contributed by atoms with Crippen LogP contribution in [0.5, 0.6) is 5.75 Å². The summed E-state index contributed by atoms with van der Waals surface area (Å²) in [7, 11) is 0. The summed E-state index contributed by atoms with van der Waals surface area (Å²) in [5.41, 5.74) is 3.03. The summed E-state index contributed by atoms with van der Waals surface area (Å²) in [5.74, 6) is -2.46. The molecule has 1 unspecified atom stereocenters. The smallest absolute Gasteiger partial charge is 0.336 e. The Bertz CT molecular complexity index is 900. The van der Waals surface area contributed by atoms with E-state index < -0.39 is 18.0 Å². The topological polar surface area (TPSA) is 101 Å². The van der Waals surface area contributed by atoms with E-state index in [9.17, 15) is 19.5 Å². The van der Waals surface area contributed by atoms with Gasteiger partial charge in [-0.05, 0) is 29.7 Å². The van der Waals surface area contributed by atoms with Crippen molar-refractivity contribution < 1.29 is 29.3 Å². The molecule has 0 bridgehead atoms. The summed E-state index contributed by atoms with van der Waals surface area (Å²) in [4.78, 5) is 34.5. The van der Waals surface area contributed by atoms with Crippen LogP contribution < -0.4 is 4.74 Å². The molecule has 1 saturated carbocycles. The number of hydrogen-bond acceptors (Lipinski definition) is 4. The zero-order valence-electron chi connectivity index (χ0n) is 11.7. The largest absolute Gasteiger partial charge is 0.478 e. The molecule has 4 rings (SSSR count). The number of aliphatic carboxylic acids is 2. The molecule has 3 aliphatic rings. The van der Waals surface area contributed by atoms with E-state index in [4.69, 9.17) is 9.84 Å². The van der Waals surface area contributed by atoms with Crippen molar-refractivity contribution in [2.24, 2.45) is 0 Å². The number of carboxylic acids is 2. The average Bonchev–Trinajstić information content (AvgIpc) is 3.13. The molecule has 0 spiro atoms. The molecule has 0 amide bonds. The lowest BCUT2D eigenvalue weighted by molar-refractivity contribution is -0.133. The van der Waals surface area contributed by atoms with Crippen molar-refractivity contribution in [3.05, 3.63) is 52.6 Å². The van der Waals surface area contributed by atoms with Crippen LogP contribution in [0.4, 0.5) is 0 Å². The summed E-state index contributed by atoms with van der Waals surface area (Å²) in [6.45, 7) is 0. The second-order valence-electron chi connectivity index (χ2n) is 5.52. The van der Waals surface area contributed by atoms with Gasteiger partial charge in [0.2, 0.25) is 5.78 Å². The first-order valence-electron chi connectivity index (χ1n) is 6.93. The lowest BCUT2D eigenvalue weighted by Gasteiger charge is -2.12. The van der Waals surface area contributed by atoms with E-state index in [1.807, 2.05) is 0 Å². The molecule has 1 atom stereocenters. The molecule has 0 aromatic heterocycles. The van der Waals surface area contributed by atoms with Crippen LogP contribution in [0.1, 0.15) is 17.5 Å². The molecule has 1 aromatic rings. The van der Waals surface area contributed by atoms with Gasteiger partial charge in [-0.15, -0.1) is 0 Å². The molecule has 1 heterocycles. The fraction of sp³-hybridized carbons (Fsp3) is 0.118. The van der Waals surface area contributed by atoms with Gasteiger partial charge in [-0.25, -0.2) is 9.59 Å². The normalized spacial score (nSPS) is 21.0. The predicted molar refractivity (Wildman–Crippen MR) is 78.7 cm³/mol. The first kappa shape index (κ1) is 13.5. The minimum atomic E-state index is -1.35. The fourth-order valence-electron chi connectivity index (χ4n) is 3.14. The molecule has 2 aliphatic carbocycles. The second kappa shape index (κ2) is 4.42. The standard InChI is InChI=1S/C17H10O6/c18-11-5-7-4-9(7)15-14-8(10(17(21)22)6-13(19)20)2-1-3-12(14)23-16(11)15/h1-3,5-6,16H,4H2,(H,19,20)(H,21,22)/b10-6+. The summed E-state index contributed by atoms with van der Waals surface area (Å²) < 4.78 is 5.68. The van der Waals surface area contributed by atoms with Crippen LogP contribution in [-0.2, 0) is 14.4 Å². The Morgan fingerprint density at radius 2 is 2.04 bits per heavy atom. The van der Waals surface area contributed by atoms with Gasteiger partial charge in [0, 0.05) is 22.8 Å². The number of carbonyl (C=O) groups excluding carboxylic acids is 1. The van der Waals surface area contributed by atoms with Crippen molar-refractivity contribution in [2.45, 2.75) is 12.5 Å². The first-order valence-corrected chi connectivity index (χ1v) is 6.93. The van der Waals surface area contributed by atoms with Gasteiger partial charge < -0.3 is 14.9 Å². The Hall–Kier alpha value is -3.15. The van der Waals surface area contributed by atoms with Crippen LogP contribution in [0.25, 0.3) is 11.1 Å². The van der Waals surface area contributed by atoms with Gasteiger partial charge in [0.15, 0.2) is 6.10 Å². The Morgan fingerprint density at radius 1 is 1.26 bits per heavy atom. The number of ether oxygens (including phenoxy) is 1. The monoisotopic (exact) mass is 310 g/mol. The third kappa shape index (κ3) is 1.92. The molecule has 0 radical (unpaired) electrons. The van der Waals surface area contributed by atoms with Crippen molar-refractivity contribution in [2.75, 3.05) is 0 Å². The van der Waals surface area contributed by atoms with E-state index >= 15 is 0 Å². The Balaban J connectivity index is 1.97. The highest BCUT2D eigenvalue weighted by Gasteiger charge is 2.45. The fourth-order valence-corrected chi connectivity index (χ4v) is 3.14. The number of carboxylic acid groups (broad SMARTS) is 2. The van der Waals surface area contributed by atoms with Gasteiger partial charge in [0.25, 0.3) is 0 Å². The van der Waals surface area contributed by atoms with Crippen LogP contribution >= 0.6 is 0 Å². The predicted octanol–water partition coefficient (Wildman–Crippen LogP) is 1.67. The van der Waals surface area contributed by atoms with Gasteiger partial charge in [0.1, 0.15) is 5.75 Å². The van der Waals surface area contributed by atoms with Crippen LogP contribution in [0.3, 0.4) is 0 Å². The Labute approximate surface area is 130 Å². The number of benzene rings is 1. The Kier molecular flexibility index (Phi) is 2.60. The van der Waals surface area contributed by atoms with Crippen LogP contribution in [0.2, 0.25) is 0 Å². The number of allylic oxidation sites excluding steroid dienone is 2. The number of carbonyl (C=O) groups is 3. The molecule has 1 aliphatic heterocycles. The molecule has 114 valence electrons. The van der Waals surface area contributed by atoms with Crippen molar-refractivity contribution in [3.8, 4) is 5.75 Å². The molecular weight excluding hydrogens is 300 g/mol. The second-order valence-corrected chi connectivity index (χ2v) is 5.52. The summed E-state index contributed by atoms with van der Waals surface area (Å²) in [6, 6.07) is 4.77. The summed E-state index contributed by atoms with van der Waals surface area (Å²) in [5, 5.41) is 18.3. The Morgan fingerprint density at radius 3 is 2.74 bits per heavy atom. The molecule has 2 N–H and O–H groups in total. The minimum Gasteiger partial charge on any atom is -0.478 e. The van der Waals surface area contributed by atoms with E-state index in [1.165, 1.54) is 6.07 Å². The number of ketones is 1. The van der Waals surface area contributed by atoms with Gasteiger partial charge in [0.05, 0.1) is 5.57 Å². The van der Waals surface area contributed by atoms with Gasteiger partial charge >= 0.3 is 11.9 Å². The van der Waals surface area contributed by atoms with E-state index in [0.29, 0.717) is 29.4 Å². The maximum absolute atomic E-state index is 12.1. The van der Waals surface area contributed by atoms with Crippen molar-refractivity contribution >= 4 is 28.9 Å². The third-order valence-electron chi connectivity index (χ3n) is 4.12. The van der Waals surface area contributed by atoms with Gasteiger partial charge in [-0.2, -0.15) is 0 Å². The van der Waals surface area contributed by atoms with Crippen molar-refractivity contribution in [3.63, 3.8) is 0 Å². The zero-order valence-corrected chi connectivity index (χ0v) is 11.7. The van der Waals surface area contributed by atoms with E-state index in [2.05, 4.69) is 0 Å². The highest BCUT2D eigenvalue weighted by atomic mass is 16.5. The van der Waals surface area contributed by atoms with Crippen molar-refractivity contribution in [1.82, 2.24) is 0 Å². The maximum Gasteiger partial charge on any atom is 0.336 e. The highest BCUT2D eigenvalue weighted by molar-refractivity contribution is 6.22. The lowest BCUT2D eigenvalue weighted by atomic mass is 9.89.